The zero-order valence-corrected chi connectivity index (χ0v) is 25.0. The molecule has 8 nitrogen and oxygen atoms in total. The molecule has 5 rings (SSSR count). The quantitative estimate of drug-likeness (QED) is 0.140. The van der Waals surface area contributed by atoms with Gasteiger partial charge in [0.2, 0.25) is 0 Å². The predicted octanol–water partition coefficient (Wildman–Crippen LogP) is 7.02. The predicted molar refractivity (Wildman–Crippen MR) is 171 cm³/mol. The highest BCUT2D eigenvalue weighted by molar-refractivity contribution is 6.00. The maximum Gasteiger partial charge on any atom is 0.335 e. The van der Waals surface area contributed by atoms with Gasteiger partial charge in [-0.25, -0.2) is 4.79 Å². The number of nitrogens with one attached hydrogen (secondary N) is 1. The summed E-state index contributed by atoms with van der Waals surface area (Å²) in [6.45, 7) is 0.779. The molecule has 232 valence electrons. The molecule has 1 amide bonds. The molecule has 4 aromatic rings. The van der Waals surface area contributed by atoms with Crippen LogP contribution in [0.25, 0.3) is 11.1 Å². The molecule has 0 aromatic heterocycles. The summed E-state index contributed by atoms with van der Waals surface area (Å²) in [7, 11) is 0. The first-order valence-electron chi connectivity index (χ1n) is 15.3. The van der Waals surface area contributed by atoms with Crippen LogP contribution in [0.4, 0.5) is 0 Å². The molecule has 0 radical (unpaired) electrons. The fraction of sp³-hybridized carbons (Fsp3) is 0.270. The Bertz CT molecular complexity index is 1600. The molecule has 0 aliphatic heterocycles. The van der Waals surface area contributed by atoms with Crippen LogP contribution in [0.5, 0.6) is 11.5 Å². The van der Waals surface area contributed by atoms with Gasteiger partial charge in [-0.15, -0.1) is 0 Å². The van der Waals surface area contributed by atoms with Gasteiger partial charge in [0, 0.05) is 6.04 Å². The third kappa shape index (κ3) is 8.50. The highest BCUT2D eigenvalue weighted by Gasteiger charge is 2.32. The summed E-state index contributed by atoms with van der Waals surface area (Å²) in [5.74, 6) is -2.26. The topological polar surface area (TPSA) is 122 Å². The van der Waals surface area contributed by atoms with Crippen LogP contribution in [0.3, 0.4) is 0 Å². The van der Waals surface area contributed by atoms with E-state index in [4.69, 9.17) is 9.47 Å². The zero-order chi connectivity index (χ0) is 31.6. The number of carbonyl (C=O) groups is 3. The van der Waals surface area contributed by atoms with Gasteiger partial charge in [-0.1, -0.05) is 79.6 Å². The summed E-state index contributed by atoms with van der Waals surface area (Å²) in [6.07, 6.45) is 4.07. The van der Waals surface area contributed by atoms with E-state index in [1.54, 1.807) is 0 Å². The first-order valence-corrected chi connectivity index (χ1v) is 15.3. The average molecular weight is 608 g/mol. The van der Waals surface area contributed by atoms with E-state index in [9.17, 15) is 24.6 Å². The number of benzene rings is 4. The van der Waals surface area contributed by atoms with E-state index < -0.39 is 29.8 Å². The van der Waals surface area contributed by atoms with Gasteiger partial charge < -0.3 is 25.0 Å². The molecule has 0 spiro atoms. The number of carboxylic acid groups (broad SMARTS) is 2. The van der Waals surface area contributed by atoms with Crippen molar-refractivity contribution >= 4 is 17.8 Å². The smallest absolute Gasteiger partial charge is 0.335 e. The second kappa shape index (κ2) is 15.1. The molecule has 2 atom stereocenters. The first kappa shape index (κ1) is 31.3. The fourth-order valence-electron chi connectivity index (χ4n) is 5.61. The van der Waals surface area contributed by atoms with Crippen molar-refractivity contribution in [1.82, 2.24) is 5.32 Å². The number of aliphatic carboxylic acids is 1. The van der Waals surface area contributed by atoms with Crippen LogP contribution in [0.2, 0.25) is 0 Å². The number of rotatable bonds is 13. The summed E-state index contributed by atoms with van der Waals surface area (Å²) in [4.78, 5) is 36.5. The normalized spacial score (nSPS) is 16.0. The Balaban J connectivity index is 1.12. The molecule has 4 aromatic carbocycles. The molecule has 0 heterocycles. The molecule has 0 bridgehead atoms. The Morgan fingerprint density at radius 1 is 0.756 bits per heavy atom. The van der Waals surface area contributed by atoms with Crippen LogP contribution < -0.4 is 14.8 Å². The van der Waals surface area contributed by atoms with E-state index in [0.29, 0.717) is 32.5 Å². The van der Waals surface area contributed by atoms with Crippen LogP contribution in [0, 0.1) is 5.92 Å². The SMILES string of the molecule is O=C(O)c1ccc(OCCCc2ccc(OCc3ccc(-c4ccccc4)cc3)cc2)c(C(=O)N[C@@H]2CCCC[C@@H]2C(=O)O)c1. The highest BCUT2D eigenvalue weighted by atomic mass is 16.5. The second-order valence-electron chi connectivity index (χ2n) is 11.3. The van der Waals surface area contributed by atoms with Gasteiger partial charge in [-0.05, 0) is 78.3 Å². The van der Waals surface area contributed by atoms with Gasteiger partial charge in [0.05, 0.1) is 23.7 Å². The van der Waals surface area contributed by atoms with Crippen LogP contribution in [0.15, 0.2) is 97.1 Å². The molecule has 1 fully saturated rings. The minimum absolute atomic E-state index is 0.0440. The van der Waals surface area contributed by atoms with Crippen LogP contribution in [-0.2, 0) is 17.8 Å². The van der Waals surface area contributed by atoms with E-state index in [0.717, 1.165) is 41.7 Å². The van der Waals surface area contributed by atoms with Crippen molar-refractivity contribution in [2.24, 2.45) is 5.92 Å². The summed E-state index contributed by atoms with van der Waals surface area (Å²) < 4.78 is 11.9. The van der Waals surface area contributed by atoms with E-state index in [-0.39, 0.29) is 16.9 Å². The Labute approximate surface area is 262 Å². The standard InChI is InChI=1S/C37H37NO7/c39-35(38-33-11-5-4-10-31(33)37(42)43)32-23-29(36(40)41)18-21-34(32)44-22-6-7-25-14-19-30(20-15-25)45-24-26-12-16-28(17-13-26)27-8-2-1-3-9-27/h1-3,8-9,12-21,23,31,33H,4-7,10-11,22,24H2,(H,38,39)(H,40,41)(H,42,43)/t31-,33+/m0/s1. The highest BCUT2D eigenvalue weighted by Crippen LogP contribution is 2.27. The molecule has 1 saturated carbocycles. The van der Waals surface area contributed by atoms with Crippen molar-refractivity contribution in [3.05, 3.63) is 119 Å². The van der Waals surface area contributed by atoms with Crippen molar-refractivity contribution in [3.8, 4) is 22.6 Å². The van der Waals surface area contributed by atoms with Gasteiger partial charge in [0.15, 0.2) is 0 Å². The summed E-state index contributed by atoms with van der Waals surface area (Å²) in [5, 5.41) is 21.9. The fourth-order valence-corrected chi connectivity index (χ4v) is 5.61. The summed E-state index contributed by atoms with van der Waals surface area (Å²) in [5.41, 5.74) is 4.57. The third-order valence-electron chi connectivity index (χ3n) is 8.13. The van der Waals surface area contributed by atoms with Crippen molar-refractivity contribution in [2.75, 3.05) is 6.61 Å². The lowest BCUT2D eigenvalue weighted by atomic mass is 9.84. The molecule has 1 aliphatic rings. The molecular weight excluding hydrogens is 570 g/mol. The van der Waals surface area contributed by atoms with Crippen LogP contribution in [0.1, 0.15) is 63.9 Å². The second-order valence-corrected chi connectivity index (χ2v) is 11.3. The lowest BCUT2D eigenvalue weighted by Crippen LogP contribution is -2.45. The van der Waals surface area contributed by atoms with Crippen molar-refractivity contribution in [2.45, 2.75) is 51.2 Å². The van der Waals surface area contributed by atoms with Crippen molar-refractivity contribution in [1.29, 1.82) is 0 Å². The van der Waals surface area contributed by atoms with Gasteiger partial charge in [0.25, 0.3) is 5.91 Å². The molecule has 3 N–H and O–H groups in total. The lowest BCUT2D eigenvalue weighted by Gasteiger charge is -2.29. The number of carboxylic acids is 2. The molecule has 0 unspecified atom stereocenters. The largest absolute Gasteiger partial charge is 0.493 e. The van der Waals surface area contributed by atoms with Crippen LogP contribution in [-0.4, -0.2) is 40.7 Å². The number of aromatic carboxylic acids is 1. The maximum absolute atomic E-state index is 13.2. The number of hydrogen-bond acceptors (Lipinski definition) is 5. The van der Waals surface area contributed by atoms with Crippen molar-refractivity contribution < 1.29 is 34.1 Å². The van der Waals surface area contributed by atoms with Gasteiger partial charge in [-0.2, -0.15) is 0 Å². The Kier molecular flexibility index (Phi) is 10.5. The molecule has 8 heteroatoms. The first-order chi connectivity index (χ1) is 21.9. The Morgan fingerprint density at radius 3 is 2.16 bits per heavy atom. The Hall–Kier alpha value is -5.11. The lowest BCUT2D eigenvalue weighted by molar-refractivity contribution is -0.143. The van der Waals surface area contributed by atoms with E-state index in [1.807, 2.05) is 42.5 Å². The van der Waals surface area contributed by atoms with Gasteiger partial charge >= 0.3 is 11.9 Å². The third-order valence-corrected chi connectivity index (χ3v) is 8.13. The summed E-state index contributed by atoms with van der Waals surface area (Å²) >= 11 is 0. The maximum atomic E-state index is 13.2. The number of hydrogen-bond donors (Lipinski definition) is 3. The van der Waals surface area contributed by atoms with Gasteiger partial charge in [0.1, 0.15) is 18.1 Å². The van der Waals surface area contributed by atoms with Crippen LogP contribution >= 0.6 is 0 Å². The van der Waals surface area contributed by atoms with E-state index >= 15 is 0 Å². The minimum Gasteiger partial charge on any atom is -0.493 e. The van der Waals surface area contributed by atoms with E-state index in [1.165, 1.54) is 23.8 Å². The van der Waals surface area contributed by atoms with Crippen molar-refractivity contribution in [3.63, 3.8) is 0 Å². The van der Waals surface area contributed by atoms with E-state index in [2.05, 4.69) is 41.7 Å². The number of carbonyl (C=O) groups excluding carboxylic acids is 1. The monoisotopic (exact) mass is 607 g/mol. The zero-order valence-electron chi connectivity index (χ0n) is 25.0. The number of ether oxygens (including phenoxy) is 2. The minimum atomic E-state index is -1.16. The summed E-state index contributed by atoms with van der Waals surface area (Å²) in [6, 6.07) is 30.1. The molecule has 45 heavy (non-hydrogen) atoms. The molecule has 0 saturated heterocycles. The van der Waals surface area contributed by atoms with Gasteiger partial charge in [-0.3, -0.25) is 9.59 Å². The molecular formula is C37H37NO7. The average Bonchev–Trinajstić information content (AvgIpc) is 3.07. The Morgan fingerprint density at radius 2 is 1.44 bits per heavy atom. The number of aryl methyl sites for hydroxylation is 1. The number of amides is 1. The molecule has 1 aliphatic carbocycles.